The van der Waals surface area contributed by atoms with Crippen LogP contribution < -0.4 is 0 Å². The molecule has 208 valence electrons. The van der Waals surface area contributed by atoms with E-state index in [0.29, 0.717) is 0 Å². The second-order valence-electron chi connectivity index (χ2n) is 7.48. The number of aromatic carboxylic acids is 2. The molecule has 2 N–H and O–H groups in total. The SMILES string of the molecule is C=CC(=O)OCCOC(=O)c1ccc(C(=O)c2ccc(C(=O)OCCOC(=O)C=C)c(C(=O)O)c2)cc1C(=O)O. The van der Waals surface area contributed by atoms with E-state index in [0.717, 1.165) is 48.6 Å². The van der Waals surface area contributed by atoms with Gasteiger partial charge in [-0.05, 0) is 24.3 Å². The molecule has 2 rings (SSSR count). The molecule has 0 heterocycles. The van der Waals surface area contributed by atoms with Gasteiger partial charge in [0.1, 0.15) is 26.4 Å². The van der Waals surface area contributed by atoms with Gasteiger partial charge in [-0.3, -0.25) is 4.79 Å². The average molecular weight is 554 g/mol. The summed E-state index contributed by atoms with van der Waals surface area (Å²) in [4.78, 5) is 83.3. The van der Waals surface area contributed by atoms with Gasteiger partial charge in [-0.2, -0.15) is 0 Å². The summed E-state index contributed by atoms with van der Waals surface area (Å²) in [7, 11) is 0. The van der Waals surface area contributed by atoms with Gasteiger partial charge in [-0.25, -0.2) is 28.8 Å². The lowest BCUT2D eigenvalue weighted by Crippen LogP contribution is -2.17. The molecule has 0 spiro atoms. The zero-order chi connectivity index (χ0) is 29.8. The number of hydrogen-bond acceptors (Lipinski definition) is 11. The summed E-state index contributed by atoms with van der Waals surface area (Å²) in [6, 6.07) is 6.17. The van der Waals surface area contributed by atoms with Crippen LogP contribution in [0.4, 0.5) is 0 Å². The molecule has 40 heavy (non-hydrogen) atoms. The number of hydrogen-bond donors (Lipinski definition) is 2. The van der Waals surface area contributed by atoms with Crippen LogP contribution >= 0.6 is 0 Å². The van der Waals surface area contributed by atoms with E-state index in [1.807, 2.05) is 0 Å². The average Bonchev–Trinajstić information content (AvgIpc) is 2.95. The van der Waals surface area contributed by atoms with E-state index in [4.69, 9.17) is 9.47 Å². The van der Waals surface area contributed by atoms with E-state index in [-0.39, 0.29) is 48.7 Å². The molecule has 13 nitrogen and oxygen atoms in total. The van der Waals surface area contributed by atoms with Crippen molar-refractivity contribution in [3.05, 3.63) is 95.1 Å². The van der Waals surface area contributed by atoms with Crippen molar-refractivity contribution in [1.29, 1.82) is 0 Å². The third-order valence-corrected chi connectivity index (χ3v) is 4.92. The molecule has 0 aliphatic heterocycles. The Morgan fingerprint density at radius 1 is 0.575 bits per heavy atom. The number of carbonyl (C=O) groups excluding carboxylic acids is 5. The van der Waals surface area contributed by atoms with Crippen LogP contribution in [-0.4, -0.2) is 78.2 Å². The van der Waals surface area contributed by atoms with Crippen molar-refractivity contribution in [2.75, 3.05) is 26.4 Å². The Hall–Kier alpha value is -5.59. The van der Waals surface area contributed by atoms with Gasteiger partial charge in [0, 0.05) is 23.3 Å². The summed E-state index contributed by atoms with van der Waals surface area (Å²) in [5.74, 6) is -7.51. The normalized spacial score (nSPS) is 10.0. The maximum atomic E-state index is 13.0. The lowest BCUT2D eigenvalue weighted by Gasteiger charge is -2.11. The Morgan fingerprint density at radius 3 is 1.25 bits per heavy atom. The van der Waals surface area contributed by atoms with Crippen molar-refractivity contribution in [3.8, 4) is 0 Å². The van der Waals surface area contributed by atoms with Gasteiger partial charge < -0.3 is 29.2 Å². The maximum Gasteiger partial charge on any atom is 0.339 e. The van der Waals surface area contributed by atoms with Gasteiger partial charge >= 0.3 is 35.8 Å². The fourth-order valence-electron chi connectivity index (χ4n) is 3.07. The Balaban J connectivity index is 2.24. The summed E-state index contributed by atoms with van der Waals surface area (Å²) in [5.41, 5.74) is -2.33. The van der Waals surface area contributed by atoms with Crippen LogP contribution in [0.1, 0.15) is 57.4 Å². The number of ether oxygens (including phenoxy) is 4. The number of rotatable bonds is 14. The van der Waals surface area contributed by atoms with Crippen LogP contribution in [-0.2, 0) is 28.5 Å². The first-order valence-electron chi connectivity index (χ1n) is 11.2. The lowest BCUT2D eigenvalue weighted by molar-refractivity contribution is -0.139. The molecule has 0 saturated heterocycles. The molecule has 0 radical (unpaired) electrons. The topological polar surface area (TPSA) is 197 Å². The molecule has 0 aliphatic rings. The highest BCUT2D eigenvalue weighted by molar-refractivity contribution is 6.13. The minimum atomic E-state index is -1.55. The summed E-state index contributed by atoms with van der Waals surface area (Å²) in [5, 5.41) is 19.1. The predicted octanol–water partition coefficient (Wildman–Crippen LogP) is 2.09. The fourth-order valence-corrected chi connectivity index (χ4v) is 3.07. The zero-order valence-corrected chi connectivity index (χ0v) is 20.7. The smallest absolute Gasteiger partial charge is 0.339 e. The highest BCUT2D eigenvalue weighted by Gasteiger charge is 2.24. The second-order valence-corrected chi connectivity index (χ2v) is 7.48. The van der Waals surface area contributed by atoms with E-state index < -0.39 is 52.7 Å². The van der Waals surface area contributed by atoms with Gasteiger partial charge in [0.15, 0.2) is 5.78 Å². The molecule has 0 aromatic heterocycles. The first-order valence-corrected chi connectivity index (χ1v) is 11.2. The molecule has 0 saturated carbocycles. The van der Waals surface area contributed by atoms with E-state index in [1.54, 1.807) is 0 Å². The fraction of sp³-hybridized carbons (Fsp3) is 0.148. The Bertz CT molecular complexity index is 1280. The van der Waals surface area contributed by atoms with E-state index in [2.05, 4.69) is 22.6 Å². The number of esters is 4. The number of carboxylic acid groups (broad SMARTS) is 2. The van der Waals surface area contributed by atoms with Crippen molar-refractivity contribution in [2.24, 2.45) is 0 Å². The van der Waals surface area contributed by atoms with Crippen molar-refractivity contribution >= 4 is 41.6 Å². The van der Waals surface area contributed by atoms with Gasteiger partial charge in [-0.15, -0.1) is 0 Å². The minimum Gasteiger partial charge on any atom is -0.478 e. The van der Waals surface area contributed by atoms with Crippen LogP contribution in [0.3, 0.4) is 0 Å². The summed E-state index contributed by atoms with van der Waals surface area (Å²) in [6.45, 7) is 5.07. The third-order valence-electron chi connectivity index (χ3n) is 4.92. The Kier molecular flexibility index (Phi) is 11.0. The van der Waals surface area contributed by atoms with Crippen molar-refractivity contribution in [2.45, 2.75) is 0 Å². The number of benzene rings is 2. The van der Waals surface area contributed by atoms with Crippen molar-refractivity contribution in [1.82, 2.24) is 0 Å². The van der Waals surface area contributed by atoms with Crippen LogP contribution in [0.25, 0.3) is 0 Å². The van der Waals surface area contributed by atoms with Gasteiger partial charge in [-0.1, -0.05) is 25.3 Å². The molecule has 0 unspecified atom stereocenters. The highest BCUT2D eigenvalue weighted by atomic mass is 16.6. The van der Waals surface area contributed by atoms with Gasteiger partial charge in [0.2, 0.25) is 0 Å². The minimum absolute atomic E-state index is 0.204. The summed E-state index contributed by atoms with van der Waals surface area (Å²) in [6.07, 6.45) is 1.82. The maximum absolute atomic E-state index is 13.0. The first kappa shape index (κ1) is 30.6. The molecule has 0 aliphatic carbocycles. The number of carbonyl (C=O) groups is 7. The molecule has 2 aromatic carbocycles. The first-order chi connectivity index (χ1) is 19.0. The molecule has 0 atom stereocenters. The standard InChI is InChI=1S/C27H22O13/c1-3-21(28)37-9-11-39-26(35)17-7-5-15(13-19(17)24(31)32)23(30)16-6-8-18(20(14-16)25(33)34)27(36)40-12-10-38-22(29)4-2/h3-8,13-14H,1-2,9-12H2,(H,31,32)(H,33,34). The number of ketones is 1. The Labute approximate surface area is 226 Å². The summed E-state index contributed by atoms with van der Waals surface area (Å²) < 4.78 is 19.1. The molecule has 13 heteroatoms. The summed E-state index contributed by atoms with van der Waals surface area (Å²) >= 11 is 0. The van der Waals surface area contributed by atoms with Crippen molar-refractivity contribution < 1.29 is 62.7 Å². The lowest BCUT2D eigenvalue weighted by atomic mass is 9.95. The van der Waals surface area contributed by atoms with E-state index >= 15 is 0 Å². The van der Waals surface area contributed by atoms with Gasteiger partial charge in [0.25, 0.3) is 0 Å². The molecular weight excluding hydrogens is 532 g/mol. The van der Waals surface area contributed by atoms with Crippen molar-refractivity contribution in [3.63, 3.8) is 0 Å². The highest BCUT2D eigenvalue weighted by Crippen LogP contribution is 2.20. The molecule has 0 bridgehead atoms. The van der Waals surface area contributed by atoms with Crippen LogP contribution in [0.2, 0.25) is 0 Å². The van der Waals surface area contributed by atoms with Crippen LogP contribution in [0.15, 0.2) is 61.7 Å². The zero-order valence-electron chi connectivity index (χ0n) is 20.7. The molecule has 0 amide bonds. The van der Waals surface area contributed by atoms with Crippen LogP contribution in [0.5, 0.6) is 0 Å². The third kappa shape index (κ3) is 8.21. The Morgan fingerprint density at radius 2 is 0.925 bits per heavy atom. The second kappa shape index (κ2) is 14.4. The molecular formula is C27H22O13. The van der Waals surface area contributed by atoms with E-state index in [9.17, 15) is 43.8 Å². The predicted molar refractivity (Wildman–Crippen MR) is 133 cm³/mol. The quantitative estimate of drug-likeness (QED) is 0.113. The van der Waals surface area contributed by atoms with Gasteiger partial charge in [0.05, 0.1) is 22.3 Å². The monoisotopic (exact) mass is 554 g/mol. The number of carboxylic acids is 2. The molecule has 0 fully saturated rings. The van der Waals surface area contributed by atoms with Crippen LogP contribution in [0, 0.1) is 0 Å². The van der Waals surface area contributed by atoms with E-state index in [1.165, 1.54) is 0 Å². The molecule has 2 aromatic rings. The largest absolute Gasteiger partial charge is 0.478 e.